The lowest BCUT2D eigenvalue weighted by molar-refractivity contribution is -0.139. The Labute approximate surface area is 210 Å². The molecule has 1 saturated carbocycles. The number of carboxylic acid groups (broad SMARTS) is 1. The third-order valence-electron chi connectivity index (χ3n) is 6.31. The molecule has 0 unspecified atom stereocenters. The molecule has 1 aliphatic carbocycles. The van der Waals surface area contributed by atoms with Gasteiger partial charge in [0.25, 0.3) is 0 Å². The van der Waals surface area contributed by atoms with Crippen molar-refractivity contribution in [3.63, 3.8) is 0 Å². The summed E-state index contributed by atoms with van der Waals surface area (Å²) in [5.41, 5.74) is 3.38. The number of carboxylic acids is 1. The molecule has 1 N–H and O–H groups in total. The molecule has 0 bridgehead atoms. The van der Waals surface area contributed by atoms with Gasteiger partial charge >= 0.3 is 12.6 Å². The van der Waals surface area contributed by atoms with Crippen molar-refractivity contribution >= 4 is 16.9 Å². The maximum Gasteiger partial charge on any atom is 0.387 e. The minimum absolute atomic E-state index is 0.105. The number of pyridine rings is 1. The summed E-state index contributed by atoms with van der Waals surface area (Å²) in [7, 11) is 0. The van der Waals surface area contributed by atoms with Crippen LogP contribution in [0.15, 0.2) is 48.8 Å². The Bertz CT molecular complexity index is 1450. The Morgan fingerprint density at radius 2 is 1.95 bits per heavy atom. The van der Waals surface area contributed by atoms with Crippen molar-refractivity contribution in [2.45, 2.75) is 45.1 Å². The molecule has 0 radical (unpaired) electrons. The molecule has 1 fully saturated rings. The normalized spacial score (nSPS) is 13.3. The first-order valence-corrected chi connectivity index (χ1v) is 11.9. The lowest BCUT2D eigenvalue weighted by atomic mass is 9.98. The number of benzene rings is 2. The van der Waals surface area contributed by atoms with Crippen LogP contribution in [0, 0.1) is 5.82 Å². The first-order chi connectivity index (χ1) is 17.8. The molecule has 37 heavy (non-hydrogen) atoms. The zero-order chi connectivity index (χ0) is 26.1. The first kappa shape index (κ1) is 24.6. The number of aryl methyl sites for hydroxylation is 1. The molecule has 2 aromatic carbocycles. The molecule has 0 aliphatic heterocycles. The van der Waals surface area contributed by atoms with Gasteiger partial charge < -0.3 is 14.6 Å². The predicted molar refractivity (Wildman–Crippen MR) is 129 cm³/mol. The van der Waals surface area contributed by atoms with Gasteiger partial charge in [0.2, 0.25) is 0 Å². The highest BCUT2D eigenvalue weighted by molar-refractivity contribution is 5.93. The maximum atomic E-state index is 14.7. The van der Waals surface area contributed by atoms with E-state index in [1.165, 1.54) is 24.5 Å². The van der Waals surface area contributed by atoms with E-state index in [1.54, 1.807) is 11.6 Å². The quantitative estimate of drug-likeness (QED) is 0.296. The van der Waals surface area contributed by atoms with E-state index in [1.807, 2.05) is 36.7 Å². The summed E-state index contributed by atoms with van der Waals surface area (Å²) in [6.45, 7) is -2.16. The fourth-order valence-corrected chi connectivity index (χ4v) is 4.39. The van der Waals surface area contributed by atoms with E-state index < -0.39 is 25.0 Å². The smallest absolute Gasteiger partial charge is 0.387 e. The second kappa shape index (κ2) is 10.1. The summed E-state index contributed by atoms with van der Waals surface area (Å²) in [6.07, 6.45) is 6.75. The number of halogens is 3. The molecule has 7 nitrogen and oxygen atoms in total. The summed E-state index contributed by atoms with van der Waals surface area (Å²) in [5.74, 6) is -1.82. The van der Waals surface area contributed by atoms with Gasteiger partial charge in [0, 0.05) is 23.9 Å². The molecule has 2 aromatic heterocycles. The van der Waals surface area contributed by atoms with E-state index in [0.717, 1.165) is 17.3 Å². The van der Waals surface area contributed by atoms with Crippen LogP contribution in [0.5, 0.6) is 11.5 Å². The van der Waals surface area contributed by atoms with Crippen LogP contribution in [0.25, 0.3) is 16.6 Å². The van der Waals surface area contributed by atoms with Crippen molar-refractivity contribution in [1.29, 1.82) is 0 Å². The number of fused-ring (bicyclic) bond motifs is 1. The van der Waals surface area contributed by atoms with Crippen LogP contribution in [0.2, 0.25) is 0 Å². The van der Waals surface area contributed by atoms with Gasteiger partial charge in [-0.05, 0) is 60.6 Å². The highest BCUT2D eigenvalue weighted by atomic mass is 19.3. The van der Waals surface area contributed by atoms with E-state index in [0.29, 0.717) is 23.6 Å². The van der Waals surface area contributed by atoms with E-state index in [-0.39, 0.29) is 28.8 Å². The number of carbonyl (C=O) groups is 1. The van der Waals surface area contributed by atoms with Crippen LogP contribution < -0.4 is 9.47 Å². The largest absolute Gasteiger partial charge is 0.481 e. The number of alkyl halides is 2. The predicted octanol–water partition coefficient (Wildman–Crippen LogP) is 5.66. The van der Waals surface area contributed by atoms with Crippen LogP contribution in [0.1, 0.15) is 48.1 Å². The molecule has 0 atom stereocenters. The summed E-state index contributed by atoms with van der Waals surface area (Å²) < 4.78 is 53.9. The summed E-state index contributed by atoms with van der Waals surface area (Å²) in [4.78, 5) is 15.4. The van der Waals surface area contributed by atoms with Gasteiger partial charge in [0.1, 0.15) is 22.8 Å². The third-order valence-corrected chi connectivity index (χ3v) is 6.31. The van der Waals surface area contributed by atoms with E-state index in [2.05, 4.69) is 10.1 Å². The number of hydrogen-bond donors (Lipinski definition) is 1. The number of ether oxygens (including phenoxy) is 2. The summed E-state index contributed by atoms with van der Waals surface area (Å²) in [5, 5.41) is 13.3. The second-order valence-corrected chi connectivity index (χ2v) is 8.89. The van der Waals surface area contributed by atoms with Gasteiger partial charge in [0.05, 0.1) is 17.3 Å². The Kier molecular flexibility index (Phi) is 6.73. The van der Waals surface area contributed by atoms with Gasteiger partial charge in [-0.3, -0.25) is 0 Å². The zero-order valence-electron chi connectivity index (χ0n) is 20.0. The van der Waals surface area contributed by atoms with Crippen LogP contribution in [0.4, 0.5) is 13.2 Å². The van der Waals surface area contributed by atoms with Crippen LogP contribution in [0.3, 0.4) is 0 Å². The SMILES string of the molecule is CCc1nc2c(F)ccc(OCC(=O)O)c2c(OC(F)F)c1Cc1ccc(-n2cc(C3CC3)cn2)cc1. The Morgan fingerprint density at radius 3 is 2.59 bits per heavy atom. The summed E-state index contributed by atoms with van der Waals surface area (Å²) >= 11 is 0. The number of aliphatic carboxylic acids is 1. The number of hydrogen-bond acceptors (Lipinski definition) is 5. The molecule has 0 saturated heterocycles. The molecule has 4 aromatic rings. The summed E-state index contributed by atoms with van der Waals surface area (Å²) in [6, 6.07) is 9.72. The fourth-order valence-electron chi connectivity index (χ4n) is 4.39. The Balaban J connectivity index is 1.55. The number of nitrogens with zero attached hydrogens (tertiary/aromatic N) is 3. The topological polar surface area (TPSA) is 86.5 Å². The molecule has 192 valence electrons. The van der Waals surface area contributed by atoms with Gasteiger partial charge in [-0.15, -0.1) is 0 Å². The van der Waals surface area contributed by atoms with E-state index in [9.17, 15) is 18.0 Å². The van der Waals surface area contributed by atoms with Crippen LogP contribution in [-0.2, 0) is 17.6 Å². The van der Waals surface area contributed by atoms with Gasteiger partial charge in [-0.25, -0.2) is 18.9 Å². The standard InChI is InChI=1S/C27H24F3N3O4/c1-2-21-19(11-15-3-7-18(8-4-15)33-13-17(12-31-33)16-5-6-16)26(37-27(29)30)24-22(36-14-23(34)35)10-9-20(28)25(24)32-21/h3-4,7-10,12-13,16,27H,2,5-6,11,14H2,1H3,(H,34,35). The van der Waals surface area contributed by atoms with Crippen LogP contribution >= 0.6 is 0 Å². The van der Waals surface area contributed by atoms with Crippen molar-refractivity contribution in [2.75, 3.05) is 6.61 Å². The molecule has 2 heterocycles. The molecule has 1 aliphatic rings. The molecular weight excluding hydrogens is 487 g/mol. The zero-order valence-corrected chi connectivity index (χ0v) is 20.0. The van der Waals surface area contributed by atoms with E-state index >= 15 is 0 Å². The van der Waals surface area contributed by atoms with Crippen molar-refractivity contribution in [2.24, 2.45) is 0 Å². The molecular formula is C27H24F3N3O4. The molecule has 0 amide bonds. The average molecular weight is 512 g/mol. The van der Waals surface area contributed by atoms with Gasteiger partial charge in [-0.2, -0.15) is 13.9 Å². The van der Waals surface area contributed by atoms with Gasteiger partial charge in [-0.1, -0.05) is 19.1 Å². The molecule has 0 spiro atoms. The van der Waals surface area contributed by atoms with Crippen molar-refractivity contribution in [3.8, 4) is 17.2 Å². The average Bonchev–Trinajstić information content (AvgIpc) is 3.61. The Morgan fingerprint density at radius 1 is 1.19 bits per heavy atom. The monoisotopic (exact) mass is 511 g/mol. The first-order valence-electron chi connectivity index (χ1n) is 11.9. The number of aromatic nitrogens is 3. The minimum atomic E-state index is -3.20. The second-order valence-electron chi connectivity index (χ2n) is 8.89. The maximum absolute atomic E-state index is 14.7. The molecule has 10 heteroatoms. The van der Waals surface area contributed by atoms with Crippen molar-refractivity contribution in [3.05, 3.63) is 77.0 Å². The number of rotatable bonds is 10. The highest BCUT2D eigenvalue weighted by Crippen LogP contribution is 2.41. The molecule has 5 rings (SSSR count). The lowest BCUT2D eigenvalue weighted by Crippen LogP contribution is -2.13. The third kappa shape index (κ3) is 5.23. The van der Waals surface area contributed by atoms with Gasteiger partial charge in [0.15, 0.2) is 6.61 Å². The van der Waals surface area contributed by atoms with E-state index in [4.69, 9.17) is 14.6 Å². The fraction of sp³-hybridized carbons (Fsp3) is 0.296. The minimum Gasteiger partial charge on any atom is -0.481 e. The van der Waals surface area contributed by atoms with Crippen LogP contribution in [-0.4, -0.2) is 39.1 Å². The van der Waals surface area contributed by atoms with Crippen molar-refractivity contribution in [1.82, 2.24) is 14.8 Å². The highest BCUT2D eigenvalue weighted by Gasteiger charge is 2.26. The lowest BCUT2D eigenvalue weighted by Gasteiger charge is -2.19. The Hall–Kier alpha value is -4.08. The van der Waals surface area contributed by atoms with Crippen molar-refractivity contribution < 1.29 is 32.5 Å².